The number of alkyl halides is 1. The third kappa shape index (κ3) is 10.6. The first-order chi connectivity index (χ1) is 9.13. The van der Waals surface area contributed by atoms with Crippen LogP contribution in [0.15, 0.2) is 11.8 Å². The molecular weight excluding hydrogens is 314 g/mol. The van der Waals surface area contributed by atoms with Gasteiger partial charge in [-0.25, -0.2) is 4.79 Å². The molecule has 0 fully saturated rings. The van der Waals surface area contributed by atoms with Gasteiger partial charge < -0.3 is 14.8 Å². The van der Waals surface area contributed by atoms with E-state index in [0.29, 0.717) is 25.5 Å². The van der Waals surface area contributed by atoms with E-state index in [1.54, 1.807) is 0 Å². The van der Waals surface area contributed by atoms with E-state index in [4.69, 9.17) is 9.47 Å². The molecule has 0 aromatic rings. The summed E-state index contributed by atoms with van der Waals surface area (Å²) in [6, 6.07) is 0. The van der Waals surface area contributed by atoms with Gasteiger partial charge in [0.1, 0.15) is 0 Å². The zero-order valence-corrected chi connectivity index (χ0v) is 13.1. The lowest BCUT2D eigenvalue weighted by Gasteiger charge is -2.10. The van der Waals surface area contributed by atoms with E-state index < -0.39 is 5.97 Å². The van der Waals surface area contributed by atoms with Gasteiger partial charge in [-0.15, -0.1) is 0 Å². The van der Waals surface area contributed by atoms with Crippen LogP contribution >= 0.6 is 15.9 Å². The molecule has 19 heavy (non-hydrogen) atoms. The van der Waals surface area contributed by atoms with Crippen molar-refractivity contribution in [1.29, 1.82) is 0 Å². The number of nitrogens with one attached hydrogen (secondary N) is 1. The van der Waals surface area contributed by atoms with E-state index >= 15 is 0 Å². The minimum absolute atomic E-state index is 0.0498. The predicted molar refractivity (Wildman–Crippen MR) is 77.0 cm³/mol. The van der Waals surface area contributed by atoms with Crippen LogP contribution < -0.4 is 5.32 Å². The van der Waals surface area contributed by atoms with Crippen LogP contribution in [0.25, 0.3) is 0 Å². The van der Waals surface area contributed by atoms with Crippen molar-refractivity contribution in [3.8, 4) is 0 Å². The Balaban J connectivity index is 4.38. The number of esters is 2. The molecule has 0 amide bonds. The van der Waals surface area contributed by atoms with E-state index in [9.17, 15) is 9.59 Å². The first kappa shape index (κ1) is 18.0. The Labute approximate surface area is 122 Å². The molecule has 0 aliphatic heterocycles. The molecule has 5 nitrogen and oxygen atoms in total. The molecule has 110 valence electrons. The number of ether oxygens (including phenoxy) is 2. The molecule has 0 spiro atoms. The topological polar surface area (TPSA) is 64.6 Å². The summed E-state index contributed by atoms with van der Waals surface area (Å²) < 4.78 is 9.93. The smallest absolute Gasteiger partial charge is 0.332 e. The monoisotopic (exact) mass is 335 g/mol. The molecule has 1 N–H and O–H groups in total. The number of carbonyl (C=O) groups excluding carboxylic acids is 2. The van der Waals surface area contributed by atoms with Gasteiger partial charge in [0.2, 0.25) is 0 Å². The Morgan fingerprint density at radius 3 is 2.37 bits per heavy atom. The molecule has 0 aromatic carbocycles. The summed E-state index contributed by atoms with van der Waals surface area (Å²) in [5, 5.41) is 3.72. The maximum Gasteiger partial charge on any atom is 0.332 e. The molecule has 6 heteroatoms. The van der Waals surface area contributed by atoms with Gasteiger partial charge >= 0.3 is 11.9 Å². The Kier molecular flexibility index (Phi) is 11.4. The fourth-order valence-corrected chi connectivity index (χ4v) is 1.38. The van der Waals surface area contributed by atoms with Crippen molar-refractivity contribution >= 4 is 27.9 Å². The molecule has 0 bridgehead atoms. The molecule has 0 atom stereocenters. The van der Waals surface area contributed by atoms with Gasteiger partial charge in [-0.1, -0.05) is 29.8 Å². The molecule has 0 saturated heterocycles. The fraction of sp³-hybridized carbons (Fsp3) is 0.692. The van der Waals surface area contributed by atoms with Crippen LogP contribution in [0.5, 0.6) is 0 Å². The second-order valence-corrected chi connectivity index (χ2v) is 4.64. The van der Waals surface area contributed by atoms with Gasteiger partial charge in [0.25, 0.3) is 0 Å². The molecule has 0 heterocycles. The van der Waals surface area contributed by atoms with E-state index in [2.05, 4.69) is 21.2 Å². The molecule has 0 unspecified atom stereocenters. The average molecular weight is 336 g/mol. The quantitative estimate of drug-likeness (QED) is 0.376. The third-order valence-electron chi connectivity index (χ3n) is 1.99. The molecule has 0 aliphatic rings. The Hall–Kier alpha value is -1.04. The van der Waals surface area contributed by atoms with E-state index in [0.717, 1.165) is 18.2 Å². The minimum Gasteiger partial charge on any atom is -0.465 e. The summed E-state index contributed by atoms with van der Waals surface area (Å²) in [7, 11) is 0. The van der Waals surface area contributed by atoms with Crippen LogP contribution in [0.3, 0.4) is 0 Å². The largest absolute Gasteiger partial charge is 0.465 e. The van der Waals surface area contributed by atoms with E-state index in [1.807, 2.05) is 13.8 Å². The zero-order chi connectivity index (χ0) is 14.5. The van der Waals surface area contributed by atoms with Crippen molar-refractivity contribution in [2.45, 2.75) is 33.1 Å². The SMILES string of the molecule is CCCOC(=O)C=C(CC(=O)OCCC)NCCBr. The molecule has 0 saturated carbocycles. The summed E-state index contributed by atoms with van der Waals surface area (Å²) in [6.07, 6.45) is 2.90. The van der Waals surface area contributed by atoms with Crippen LogP contribution in [-0.2, 0) is 19.1 Å². The first-order valence-corrected chi connectivity index (χ1v) is 7.58. The Bertz CT molecular complexity index is 305. The third-order valence-corrected chi connectivity index (χ3v) is 2.39. The highest BCUT2D eigenvalue weighted by molar-refractivity contribution is 9.09. The van der Waals surface area contributed by atoms with Gasteiger partial charge in [0, 0.05) is 23.6 Å². The Morgan fingerprint density at radius 1 is 1.16 bits per heavy atom. The maximum absolute atomic E-state index is 11.5. The van der Waals surface area contributed by atoms with Crippen LogP contribution in [0.1, 0.15) is 33.1 Å². The van der Waals surface area contributed by atoms with Gasteiger partial charge in [-0.2, -0.15) is 0 Å². The molecule has 0 rings (SSSR count). The van der Waals surface area contributed by atoms with Crippen molar-refractivity contribution in [2.24, 2.45) is 0 Å². The summed E-state index contributed by atoms with van der Waals surface area (Å²) in [5.74, 6) is -0.791. The fourth-order valence-electron chi connectivity index (χ4n) is 1.18. The van der Waals surface area contributed by atoms with Crippen LogP contribution in [-0.4, -0.2) is 37.0 Å². The second kappa shape index (κ2) is 12.0. The van der Waals surface area contributed by atoms with Crippen molar-refractivity contribution in [3.63, 3.8) is 0 Å². The summed E-state index contributed by atoms with van der Waals surface area (Å²) in [4.78, 5) is 23.0. The first-order valence-electron chi connectivity index (χ1n) is 6.46. The molecular formula is C13H22BrNO4. The second-order valence-electron chi connectivity index (χ2n) is 3.85. The van der Waals surface area contributed by atoms with Crippen LogP contribution in [0, 0.1) is 0 Å². The number of halogens is 1. The average Bonchev–Trinajstić information content (AvgIpc) is 2.40. The maximum atomic E-state index is 11.5. The van der Waals surface area contributed by atoms with Gasteiger partial charge in [0.15, 0.2) is 0 Å². The highest BCUT2D eigenvalue weighted by Gasteiger charge is 2.09. The van der Waals surface area contributed by atoms with Gasteiger partial charge in [0.05, 0.1) is 19.6 Å². The van der Waals surface area contributed by atoms with Gasteiger partial charge in [-0.3, -0.25) is 4.79 Å². The van der Waals surface area contributed by atoms with Crippen molar-refractivity contribution < 1.29 is 19.1 Å². The summed E-state index contributed by atoms with van der Waals surface area (Å²) in [5.41, 5.74) is 0.515. The predicted octanol–water partition coefficient (Wildman–Crippen LogP) is 2.15. The van der Waals surface area contributed by atoms with Crippen LogP contribution in [0.2, 0.25) is 0 Å². The van der Waals surface area contributed by atoms with E-state index in [-0.39, 0.29) is 12.4 Å². The number of hydrogen-bond acceptors (Lipinski definition) is 5. The lowest BCUT2D eigenvalue weighted by Crippen LogP contribution is -2.21. The molecule has 0 radical (unpaired) electrons. The number of rotatable bonds is 10. The summed E-state index contributed by atoms with van der Waals surface area (Å²) >= 11 is 3.27. The lowest BCUT2D eigenvalue weighted by atomic mass is 10.3. The number of carbonyl (C=O) groups is 2. The number of hydrogen-bond donors (Lipinski definition) is 1. The Morgan fingerprint density at radius 2 is 1.79 bits per heavy atom. The molecule has 0 aromatic heterocycles. The standard InChI is InChI=1S/C13H22BrNO4/c1-3-7-18-12(16)9-11(15-6-5-14)10-13(17)19-8-4-2/h9,15H,3-8,10H2,1-2H3. The van der Waals surface area contributed by atoms with Gasteiger partial charge in [-0.05, 0) is 12.8 Å². The van der Waals surface area contributed by atoms with Crippen molar-refractivity contribution in [2.75, 3.05) is 25.1 Å². The highest BCUT2D eigenvalue weighted by Crippen LogP contribution is 2.02. The van der Waals surface area contributed by atoms with Crippen molar-refractivity contribution in [3.05, 3.63) is 11.8 Å². The molecule has 0 aliphatic carbocycles. The van der Waals surface area contributed by atoms with Crippen molar-refractivity contribution in [1.82, 2.24) is 5.32 Å². The minimum atomic E-state index is -0.442. The highest BCUT2D eigenvalue weighted by atomic mass is 79.9. The van der Waals surface area contributed by atoms with E-state index in [1.165, 1.54) is 6.08 Å². The lowest BCUT2D eigenvalue weighted by molar-refractivity contribution is -0.142. The zero-order valence-electron chi connectivity index (χ0n) is 11.5. The van der Waals surface area contributed by atoms with Crippen LogP contribution in [0.4, 0.5) is 0 Å². The summed E-state index contributed by atoms with van der Waals surface area (Å²) in [6.45, 7) is 5.23. The normalized spacial score (nSPS) is 11.0.